The van der Waals surface area contributed by atoms with Crippen LogP contribution in [0.1, 0.15) is 16.8 Å². The maximum Gasteiger partial charge on any atom is 0.336 e. The van der Waals surface area contributed by atoms with E-state index in [4.69, 9.17) is 19.3 Å². The highest BCUT2D eigenvalue weighted by molar-refractivity contribution is 9.10. The van der Waals surface area contributed by atoms with E-state index in [-0.39, 0.29) is 22.4 Å². The second-order valence-corrected chi connectivity index (χ2v) is 4.64. The summed E-state index contributed by atoms with van der Waals surface area (Å²) in [5.74, 6) is -1.95. The van der Waals surface area contributed by atoms with Gasteiger partial charge in [0.15, 0.2) is 11.6 Å². The average molecular weight is 351 g/mol. The number of carbonyl (C=O) groups is 1. The number of carboxylic acid groups (broad SMARTS) is 1. The molecule has 112 valence electrons. The molecular formula is C13H16BrFO5. The van der Waals surface area contributed by atoms with Crippen molar-refractivity contribution in [3.05, 3.63) is 28.0 Å². The Morgan fingerprint density at radius 2 is 2.05 bits per heavy atom. The highest BCUT2D eigenvalue weighted by atomic mass is 79.9. The van der Waals surface area contributed by atoms with Crippen LogP contribution in [0.3, 0.4) is 0 Å². The minimum atomic E-state index is -1.20. The fraction of sp³-hybridized carbons (Fsp3) is 0.462. The van der Waals surface area contributed by atoms with Crippen molar-refractivity contribution in [3.8, 4) is 5.75 Å². The highest BCUT2D eigenvalue weighted by Crippen LogP contribution is 2.28. The van der Waals surface area contributed by atoms with E-state index >= 15 is 0 Å². The first-order valence-corrected chi connectivity index (χ1v) is 6.78. The Hall–Kier alpha value is -1.18. The second-order valence-electron chi connectivity index (χ2n) is 3.85. The van der Waals surface area contributed by atoms with E-state index in [0.29, 0.717) is 19.8 Å². The Kier molecular flexibility index (Phi) is 7.50. The lowest BCUT2D eigenvalue weighted by atomic mass is 10.2. The molecule has 1 aromatic carbocycles. The Morgan fingerprint density at radius 3 is 2.70 bits per heavy atom. The van der Waals surface area contributed by atoms with Gasteiger partial charge in [-0.3, -0.25) is 0 Å². The minimum absolute atomic E-state index is 0.0117. The van der Waals surface area contributed by atoms with E-state index in [2.05, 4.69) is 15.9 Å². The van der Waals surface area contributed by atoms with Crippen LogP contribution in [0.2, 0.25) is 0 Å². The Labute approximate surface area is 124 Å². The number of rotatable bonds is 9. The van der Waals surface area contributed by atoms with Crippen molar-refractivity contribution in [3.63, 3.8) is 0 Å². The third kappa shape index (κ3) is 5.07. The number of aromatic carboxylic acids is 1. The van der Waals surface area contributed by atoms with Gasteiger partial charge in [0.1, 0.15) is 6.61 Å². The van der Waals surface area contributed by atoms with Gasteiger partial charge in [-0.15, -0.1) is 0 Å². The third-order valence-electron chi connectivity index (χ3n) is 2.40. The predicted octanol–water partition coefficient (Wildman–Crippen LogP) is 2.72. The number of ether oxygens (including phenoxy) is 3. The van der Waals surface area contributed by atoms with Gasteiger partial charge in [0.25, 0.3) is 0 Å². The molecule has 0 spiro atoms. The van der Waals surface area contributed by atoms with Crippen LogP contribution in [-0.4, -0.2) is 44.6 Å². The maximum atomic E-state index is 13.8. The molecule has 0 aliphatic heterocycles. The molecule has 0 heterocycles. The van der Waals surface area contributed by atoms with Crippen molar-refractivity contribution < 1.29 is 28.5 Å². The molecular weight excluding hydrogens is 335 g/mol. The van der Waals surface area contributed by atoms with Gasteiger partial charge in [0.05, 0.1) is 16.6 Å². The van der Waals surface area contributed by atoms with Crippen molar-refractivity contribution in [2.45, 2.75) is 6.42 Å². The van der Waals surface area contributed by atoms with Crippen molar-refractivity contribution >= 4 is 21.9 Å². The van der Waals surface area contributed by atoms with Crippen LogP contribution < -0.4 is 4.74 Å². The summed E-state index contributed by atoms with van der Waals surface area (Å²) in [6.07, 6.45) is 0.781. The summed E-state index contributed by atoms with van der Waals surface area (Å²) in [6, 6.07) is 2.57. The van der Waals surface area contributed by atoms with E-state index < -0.39 is 11.8 Å². The summed E-state index contributed by atoms with van der Waals surface area (Å²) < 4.78 is 29.0. The largest absolute Gasteiger partial charge is 0.488 e. The SMILES string of the molecule is COCCCOCCOc1ccc(C(=O)O)c(Br)c1F. The number of carboxylic acids is 1. The average Bonchev–Trinajstić information content (AvgIpc) is 2.42. The van der Waals surface area contributed by atoms with E-state index in [1.54, 1.807) is 7.11 Å². The van der Waals surface area contributed by atoms with E-state index in [1.165, 1.54) is 12.1 Å². The number of hydrogen-bond acceptors (Lipinski definition) is 4. The molecule has 0 aliphatic rings. The Morgan fingerprint density at radius 1 is 1.30 bits per heavy atom. The van der Waals surface area contributed by atoms with Crippen LogP contribution in [0.4, 0.5) is 4.39 Å². The molecule has 0 saturated heterocycles. The molecule has 0 fully saturated rings. The van der Waals surface area contributed by atoms with Gasteiger partial charge >= 0.3 is 5.97 Å². The number of hydrogen-bond donors (Lipinski definition) is 1. The summed E-state index contributed by atoms with van der Waals surface area (Å²) in [4.78, 5) is 10.8. The lowest BCUT2D eigenvalue weighted by Gasteiger charge is -2.10. The van der Waals surface area contributed by atoms with E-state index in [1.807, 2.05) is 0 Å². The molecule has 1 rings (SSSR count). The topological polar surface area (TPSA) is 65.0 Å². The summed E-state index contributed by atoms with van der Waals surface area (Å²) >= 11 is 2.90. The van der Waals surface area contributed by atoms with Gasteiger partial charge in [0, 0.05) is 20.3 Å². The summed E-state index contributed by atoms with van der Waals surface area (Å²) in [5, 5.41) is 8.83. The summed E-state index contributed by atoms with van der Waals surface area (Å²) in [6.45, 7) is 1.67. The molecule has 0 aromatic heterocycles. The minimum Gasteiger partial charge on any atom is -0.488 e. The zero-order chi connectivity index (χ0) is 15.0. The normalized spacial score (nSPS) is 10.6. The van der Waals surface area contributed by atoms with Crippen LogP contribution in [0, 0.1) is 5.82 Å². The van der Waals surface area contributed by atoms with Crippen molar-refractivity contribution in [2.75, 3.05) is 33.5 Å². The first-order valence-electron chi connectivity index (χ1n) is 5.98. The van der Waals surface area contributed by atoms with Crippen molar-refractivity contribution in [1.29, 1.82) is 0 Å². The molecule has 1 N–H and O–H groups in total. The van der Waals surface area contributed by atoms with Crippen LogP contribution in [0.25, 0.3) is 0 Å². The fourth-order valence-corrected chi connectivity index (χ4v) is 1.92. The van der Waals surface area contributed by atoms with Gasteiger partial charge in [-0.2, -0.15) is 0 Å². The third-order valence-corrected chi connectivity index (χ3v) is 3.17. The van der Waals surface area contributed by atoms with Crippen molar-refractivity contribution in [2.24, 2.45) is 0 Å². The molecule has 0 bridgehead atoms. The van der Waals surface area contributed by atoms with Gasteiger partial charge < -0.3 is 19.3 Å². The van der Waals surface area contributed by atoms with Crippen molar-refractivity contribution in [1.82, 2.24) is 0 Å². The quantitative estimate of drug-likeness (QED) is 0.693. The molecule has 0 atom stereocenters. The molecule has 5 nitrogen and oxygen atoms in total. The van der Waals surface area contributed by atoms with Crippen LogP contribution >= 0.6 is 15.9 Å². The van der Waals surface area contributed by atoms with E-state index in [0.717, 1.165) is 6.42 Å². The summed E-state index contributed by atoms with van der Waals surface area (Å²) in [5.41, 5.74) is -0.148. The maximum absolute atomic E-state index is 13.8. The first-order chi connectivity index (χ1) is 9.57. The molecule has 0 radical (unpaired) electrons. The van der Waals surface area contributed by atoms with Crippen LogP contribution in [0.5, 0.6) is 5.75 Å². The zero-order valence-electron chi connectivity index (χ0n) is 11.0. The smallest absolute Gasteiger partial charge is 0.336 e. The molecule has 0 unspecified atom stereocenters. The van der Waals surface area contributed by atoms with Gasteiger partial charge in [0.2, 0.25) is 0 Å². The molecule has 0 amide bonds. The fourth-order valence-electron chi connectivity index (χ4n) is 1.43. The lowest BCUT2D eigenvalue weighted by molar-refractivity contribution is 0.0694. The second kappa shape index (κ2) is 8.89. The van der Waals surface area contributed by atoms with Gasteiger partial charge in [-0.05, 0) is 34.5 Å². The molecule has 1 aromatic rings. The molecule has 0 saturated carbocycles. The van der Waals surface area contributed by atoms with Gasteiger partial charge in [-0.25, -0.2) is 9.18 Å². The number of benzene rings is 1. The Bertz CT molecular complexity index is 453. The monoisotopic (exact) mass is 350 g/mol. The number of methoxy groups -OCH3 is 1. The standard InChI is InChI=1S/C13H16BrFO5/c1-18-5-2-6-19-7-8-20-10-4-3-9(13(16)17)11(14)12(10)15/h3-4H,2,5-8H2,1H3,(H,16,17). The van der Waals surface area contributed by atoms with Gasteiger partial charge in [-0.1, -0.05) is 0 Å². The van der Waals surface area contributed by atoms with Crippen LogP contribution in [0.15, 0.2) is 16.6 Å². The molecule has 0 aliphatic carbocycles. The predicted molar refractivity (Wildman–Crippen MR) is 73.9 cm³/mol. The zero-order valence-corrected chi connectivity index (χ0v) is 12.6. The number of halogens is 2. The molecule has 20 heavy (non-hydrogen) atoms. The Balaban J connectivity index is 2.41. The lowest BCUT2D eigenvalue weighted by Crippen LogP contribution is -2.10. The highest BCUT2D eigenvalue weighted by Gasteiger charge is 2.16. The summed E-state index contributed by atoms with van der Waals surface area (Å²) in [7, 11) is 1.62. The first kappa shape index (κ1) is 16.9. The molecule has 7 heteroatoms. The van der Waals surface area contributed by atoms with Crippen LogP contribution in [-0.2, 0) is 9.47 Å². The van der Waals surface area contributed by atoms with E-state index in [9.17, 15) is 9.18 Å².